The molecule has 142 valence electrons. The van der Waals surface area contributed by atoms with Crippen LogP contribution < -0.4 is 0 Å². The molecule has 0 aliphatic heterocycles. The minimum absolute atomic E-state index is 0.0365. The van der Waals surface area contributed by atoms with Crippen molar-refractivity contribution < 1.29 is 9.53 Å². The third-order valence-corrected chi connectivity index (χ3v) is 6.45. The van der Waals surface area contributed by atoms with Crippen LogP contribution >= 0.6 is 0 Å². The van der Waals surface area contributed by atoms with Crippen LogP contribution in [0, 0.1) is 40.9 Å². The van der Waals surface area contributed by atoms with Crippen LogP contribution in [0.3, 0.4) is 0 Å². The van der Waals surface area contributed by atoms with Crippen molar-refractivity contribution in [3.8, 4) is 0 Å². The van der Waals surface area contributed by atoms with E-state index in [0.717, 1.165) is 6.42 Å². The molecule has 0 radical (unpaired) electrons. The van der Waals surface area contributed by atoms with Crippen LogP contribution in [-0.2, 0) is 9.53 Å². The smallest absolute Gasteiger partial charge is 0.312 e. The van der Waals surface area contributed by atoms with Crippen LogP contribution in [0.25, 0.3) is 0 Å². The minimum Gasteiger partial charge on any atom is -0.461 e. The lowest BCUT2D eigenvalue weighted by Gasteiger charge is -2.44. The predicted octanol–water partition coefficient (Wildman–Crippen LogP) is 6.33. The highest BCUT2D eigenvalue weighted by Crippen LogP contribution is 2.42. The average Bonchev–Trinajstić information content (AvgIpc) is 2.45. The lowest BCUT2D eigenvalue weighted by Crippen LogP contribution is -2.46. The fourth-order valence-corrected chi connectivity index (χ4v) is 4.50. The molecule has 2 nitrogen and oxygen atoms in total. The van der Waals surface area contributed by atoms with E-state index < -0.39 is 0 Å². The predicted molar refractivity (Wildman–Crippen MR) is 103 cm³/mol. The minimum atomic E-state index is -0.380. The molecule has 1 fully saturated rings. The topological polar surface area (TPSA) is 26.3 Å². The normalized spacial score (nSPS) is 27.8. The Morgan fingerprint density at radius 1 is 0.958 bits per heavy atom. The van der Waals surface area contributed by atoms with E-state index in [1.54, 1.807) is 0 Å². The Labute approximate surface area is 151 Å². The fraction of sp³-hybridized carbons (Fsp3) is 0.955. The Hall–Kier alpha value is -0.530. The van der Waals surface area contributed by atoms with Crippen molar-refractivity contribution in [1.29, 1.82) is 0 Å². The monoisotopic (exact) mass is 338 g/mol. The SMILES string of the molecule is CC(C)CC(C)(C(=O)OC1C(C(C)C)CCCC1C(C)C)C(C)C. The molecule has 0 aromatic rings. The number of carbonyl (C=O) groups is 1. The third kappa shape index (κ3) is 4.99. The van der Waals surface area contributed by atoms with E-state index >= 15 is 0 Å². The van der Waals surface area contributed by atoms with Gasteiger partial charge in [0.1, 0.15) is 6.10 Å². The van der Waals surface area contributed by atoms with Gasteiger partial charge in [0.05, 0.1) is 5.41 Å². The lowest BCUT2D eigenvalue weighted by molar-refractivity contribution is -0.176. The van der Waals surface area contributed by atoms with Crippen LogP contribution in [0.5, 0.6) is 0 Å². The summed E-state index contributed by atoms with van der Waals surface area (Å²) in [5, 5.41) is 0. The highest BCUT2D eigenvalue weighted by atomic mass is 16.5. The number of carbonyl (C=O) groups excluding carboxylic acids is 1. The quantitative estimate of drug-likeness (QED) is 0.507. The van der Waals surface area contributed by atoms with Crippen molar-refractivity contribution in [2.75, 3.05) is 0 Å². The number of rotatable bonds is 7. The molecule has 2 heteroatoms. The van der Waals surface area contributed by atoms with Gasteiger partial charge in [-0.05, 0) is 61.7 Å². The Bertz CT molecular complexity index is 381. The maximum Gasteiger partial charge on any atom is 0.312 e. The summed E-state index contributed by atoms with van der Waals surface area (Å²) in [5.74, 6) is 2.98. The number of ether oxygens (including phenoxy) is 1. The first-order chi connectivity index (χ1) is 11.0. The van der Waals surface area contributed by atoms with Crippen LogP contribution in [0.2, 0.25) is 0 Å². The molecule has 0 heterocycles. The maximum absolute atomic E-state index is 13.2. The second-order valence-corrected chi connectivity index (χ2v) is 9.79. The Balaban J connectivity index is 3.03. The molecule has 0 spiro atoms. The van der Waals surface area contributed by atoms with Gasteiger partial charge in [-0.3, -0.25) is 4.79 Å². The Kier molecular flexibility index (Phi) is 7.81. The number of hydrogen-bond donors (Lipinski definition) is 0. The van der Waals surface area contributed by atoms with Gasteiger partial charge >= 0.3 is 5.97 Å². The Morgan fingerprint density at radius 2 is 1.42 bits per heavy atom. The molecule has 3 atom stereocenters. The zero-order chi connectivity index (χ0) is 18.7. The summed E-state index contributed by atoms with van der Waals surface area (Å²) >= 11 is 0. The first-order valence-electron chi connectivity index (χ1n) is 10.2. The summed E-state index contributed by atoms with van der Waals surface area (Å²) < 4.78 is 6.33. The van der Waals surface area contributed by atoms with Gasteiger partial charge in [0.15, 0.2) is 0 Å². The van der Waals surface area contributed by atoms with Gasteiger partial charge in [-0.2, -0.15) is 0 Å². The molecule has 1 aliphatic carbocycles. The highest BCUT2D eigenvalue weighted by Gasteiger charge is 2.44. The zero-order valence-electron chi connectivity index (χ0n) is 17.7. The largest absolute Gasteiger partial charge is 0.461 e. The van der Waals surface area contributed by atoms with Crippen LogP contribution in [-0.4, -0.2) is 12.1 Å². The molecule has 1 rings (SSSR count). The van der Waals surface area contributed by atoms with Crippen LogP contribution in [0.1, 0.15) is 88.0 Å². The van der Waals surface area contributed by atoms with Crippen LogP contribution in [0.4, 0.5) is 0 Å². The highest BCUT2D eigenvalue weighted by molar-refractivity contribution is 5.77. The second-order valence-electron chi connectivity index (χ2n) is 9.79. The van der Waals surface area contributed by atoms with E-state index in [2.05, 4.69) is 62.3 Å². The molecule has 0 N–H and O–H groups in total. The molecule has 0 aromatic carbocycles. The van der Waals surface area contributed by atoms with E-state index in [4.69, 9.17) is 4.74 Å². The number of hydrogen-bond acceptors (Lipinski definition) is 2. The van der Waals surface area contributed by atoms with Gasteiger partial charge in [0.2, 0.25) is 0 Å². The molecule has 3 unspecified atom stereocenters. The summed E-state index contributed by atoms with van der Waals surface area (Å²) in [5.41, 5.74) is -0.380. The lowest BCUT2D eigenvalue weighted by atomic mass is 9.69. The van der Waals surface area contributed by atoms with Crippen molar-refractivity contribution in [3.05, 3.63) is 0 Å². The van der Waals surface area contributed by atoms with E-state index in [1.807, 2.05) is 0 Å². The third-order valence-electron chi connectivity index (χ3n) is 6.45. The summed E-state index contributed by atoms with van der Waals surface area (Å²) in [6.45, 7) is 19.9. The summed E-state index contributed by atoms with van der Waals surface area (Å²) in [6.07, 6.45) is 4.65. The fourth-order valence-electron chi connectivity index (χ4n) is 4.50. The molecule has 0 saturated heterocycles. The zero-order valence-corrected chi connectivity index (χ0v) is 17.7. The van der Waals surface area contributed by atoms with Crippen LogP contribution in [0.15, 0.2) is 0 Å². The molecule has 1 aliphatic rings. The maximum atomic E-state index is 13.2. The van der Waals surface area contributed by atoms with E-state index in [9.17, 15) is 4.79 Å². The molecule has 0 aromatic heterocycles. The first-order valence-corrected chi connectivity index (χ1v) is 10.2. The van der Waals surface area contributed by atoms with E-state index in [0.29, 0.717) is 35.5 Å². The van der Waals surface area contributed by atoms with Crippen molar-refractivity contribution in [2.45, 2.75) is 94.1 Å². The van der Waals surface area contributed by atoms with Gasteiger partial charge in [-0.15, -0.1) is 0 Å². The van der Waals surface area contributed by atoms with Gasteiger partial charge in [-0.25, -0.2) is 0 Å². The van der Waals surface area contributed by atoms with Gasteiger partial charge in [-0.1, -0.05) is 61.8 Å². The molecule has 0 bridgehead atoms. The van der Waals surface area contributed by atoms with Crippen molar-refractivity contribution in [3.63, 3.8) is 0 Å². The molecular weight excluding hydrogens is 296 g/mol. The Morgan fingerprint density at radius 3 is 1.75 bits per heavy atom. The van der Waals surface area contributed by atoms with Gasteiger partial charge < -0.3 is 4.74 Å². The molecular formula is C22H42O2. The van der Waals surface area contributed by atoms with Gasteiger partial charge in [0.25, 0.3) is 0 Å². The van der Waals surface area contributed by atoms with E-state index in [1.165, 1.54) is 19.3 Å². The second kappa shape index (κ2) is 8.72. The van der Waals surface area contributed by atoms with Crippen molar-refractivity contribution in [2.24, 2.45) is 40.9 Å². The van der Waals surface area contributed by atoms with Crippen molar-refractivity contribution >= 4 is 5.97 Å². The average molecular weight is 339 g/mol. The summed E-state index contributed by atoms with van der Waals surface area (Å²) in [7, 11) is 0. The van der Waals surface area contributed by atoms with E-state index in [-0.39, 0.29) is 17.5 Å². The number of esters is 1. The first kappa shape index (κ1) is 21.5. The van der Waals surface area contributed by atoms with Gasteiger partial charge in [0, 0.05) is 0 Å². The molecule has 24 heavy (non-hydrogen) atoms. The summed E-state index contributed by atoms with van der Waals surface area (Å²) in [6, 6.07) is 0. The standard InChI is InChI=1S/C22H42O2/c1-14(2)13-22(9,17(7)8)21(23)24-20-18(15(3)4)11-10-12-19(20)16(5)6/h14-20H,10-13H2,1-9H3. The molecule has 0 amide bonds. The summed E-state index contributed by atoms with van der Waals surface area (Å²) in [4.78, 5) is 13.2. The molecule has 1 saturated carbocycles. The van der Waals surface area contributed by atoms with Crippen molar-refractivity contribution in [1.82, 2.24) is 0 Å².